The molecule has 0 fully saturated rings. The highest BCUT2D eigenvalue weighted by atomic mass is 79.9. The van der Waals surface area contributed by atoms with E-state index in [1.807, 2.05) is 0 Å². The highest BCUT2D eigenvalue weighted by Crippen LogP contribution is 2.29. The van der Waals surface area contributed by atoms with Crippen molar-refractivity contribution in [2.75, 3.05) is 11.4 Å². The molecule has 1 heterocycles. The fourth-order valence-corrected chi connectivity index (χ4v) is 4.40. The average Bonchev–Trinajstić information content (AvgIpc) is 2.38. The van der Waals surface area contributed by atoms with Gasteiger partial charge in [-0.25, -0.2) is 8.42 Å². The van der Waals surface area contributed by atoms with E-state index in [1.165, 1.54) is 17.5 Å². The predicted octanol–water partition coefficient (Wildman–Crippen LogP) is 3.43. The van der Waals surface area contributed by atoms with Crippen molar-refractivity contribution in [3.05, 3.63) is 51.7 Å². The van der Waals surface area contributed by atoms with Gasteiger partial charge in [-0.1, -0.05) is 15.9 Å². The normalized spacial score (nSPS) is 11.3. The lowest BCUT2D eigenvalue weighted by Gasteiger charge is -2.19. The van der Waals surface area contributed by atoms with Gasteiger partial charge >= 0.3 is 0 Å². The molecule has 0 amide bonds. The third-order valence-corrected chi connectivity index (χ3v) is 5.80. The van der Waals surface area contributed by atoms with Gasteiger partial charge in [0.25, 0.3) is 10.0 Å². The summed E-state index contributed by atoms with van der Waals surface area (Å²) in [5, 5.41) is 0. The molecule has 0 atom stereocenters. The van der Waals surface area contributed by atoms with Crippen LogP contribution in [0.4, 0.5) is 5.69 Å². The molecule has 0 aliphatic heterocycles. The first-order valence-electron chi connectivity index (χ1n) is 5.27. The van der Waals surface area contributed by atoms with E-state index in [0.29, 0.717) is 10.2 Å². The van der Waals surface area contributed by atoms with Gasteiger partial charge in [-0.05, 0) is 46.3 Å². The molecule has 2 aromatic rings. The third-order valence-electron chi connectivity index (χ3n) is 2.54. The number of rotatable bonds is 3. The van der Waals surface area contributed by atoms with Crippen LogP contribution in [0.3, 0.4) is 0 Å². The smallest absolute Gasteiger partial charge is 0.265 e. The van der Waals surface area contributed by atoms with Gasteiger partial charge in [0, 0.05) is 22.2 Å². The Hall–Kier alpha value is -0.920. The van der Waals surface area contributed by atoms with Gasteiger partial charge in [-0.15, -0.1) is 0 Å². The van der Waals surface area contributed by atoms with Crippen molar-refractivity contribution in [1.82, 2.24) is 4.98 Å². The lowest BCUT2D eigenvalue weighted by molar-refractivity contribution is 0.594. The Balaban J connectivity index is 2.48. The topological polar surface area (TPSA) is 50.3 Å². The molecule has 0 bridgehead atoms. The first-order chi connectivity index (χ1) is 8.93. The highest BCUT2D eigenvalue weighted by molar-refractivity contribution is 9.11. The standard InChI is InChI=1S/C12H10Br2N2O2S/c1-16(10-3-2-6-15-8-10)19(17,18)12-5-4-9(13)7-11(12)14/h2-8H,1H3. The van der Waals surface area contributed by atoms with E-state index in [0.717, 1.165) is 4.47 Å². The molecule has 0 radical (unpaired) electrons. The van der Waals surface area contributed by atoms with E-state index < -0.39 is 10.0 Å². The van der Waals surface area contributed by atoms with Crippen molar-refractivity contribution < 1.29 is 8.42 Å². The van der Waals surface area contributed by atoms with Crippen LogP contribution in [-0.4, -0.2) is 20.4 Å². The molecule has 100 valence electrons. The third kappa shape index (κ3) is 2.98. The van der Waals surface area contributed by atoms with E-state index in [1.54, 1.807) is 36.5 Å². The van der Waals surface area contributed by atoms with Crippen LogP contribution in [0, 0.1) is 0 Å². The zero-order valence-corrected chi connectivity index (χ0v) is 13.9. The van der Waals surface area contributed by atoms with Crippen molar-refractivity contribution in [1.29, 1.82) is 0 Å². The second kappa shape index (κ2) is 5.60. The molecule has 0 aliphatic rings. The summed E-state index contributed by atoms with van der Waals surface area (Å²) in [6, 6.07) is 8.32. The van der Waals surface area contributed by atoms with Crippen molar-refractivity contribution in [2.24, 2.45) is 0 Å². The first kappa shape index (κ1) is 14.5. The van der Waals surface area contributed by atoms with Gasteiger partial charge in [0.05, 0.1) is 11.9 Å². The molecule has 4 nitrogen and oxygen atoms in total. The van der Waals surface area contributed by atoms with Gasteiger partial charge in [0.15, 0.2) is 0 Å². The summed E-state index contributed by atoms with van der Waals surface area (Å²) in [4.78, 5) is 4.13. The van der Waals surface area contributed by atoms with Gasteiger partial charge in [-0.3, -0.25) is 9.29 Å². The van der Waals surface area contributed by atoms with Crippen LogP contribution in [0.1, 0.15) is 0 Å². The maximum atomic E-state index is 12.5. The first-order valence-corrected chi connectivity index (χ1v) is 8.29. The number of pyridine rings is 1. The summed E-state index contributed by atoms with van der Waals surface area (Å²) in [5.41, 5.74) is 0.511. The Labute approximate surface area is 128 Å². The van der Waals surface area contributed by atoms with Crippen LogP contribution in [0.25, 0.3) is 0 Å². The number of anilines is 1. The fourth-order valence-electron chi connectivity index (χ4n) is 1.51. The molecule has 0 saturated carbocycles. The molecule has 7 heteroatoms. The average molecular weight is 406 g/mol. The fraction of sp³-hybridized carbons (Fsp3) is 0.0833. The molecule has 0 saturated heterocycles. The molecular weight excluding hydrogens is 396 g/mol. The van der Waals surface area contributed by atoms with Gasteiger partial charge < -0.3 is 0 Å². The molecule has 0 spiro atoms. The largest absolute Gasteiger partial charge is 0.268 e. The molecular formula is C12H10Br2N2O2S. The number of benzene rings is 1. The Morgan fingerprint density at radius 3 is 2.53 bits per heavy atom. The number of hydrogen-bond acceptors (Lipinski definition) is 3. The molecule has 2 rings (SSSR count). The Bertz CT molecular complexity index is 690. The molecule has 0 unspecified atom stereocenters. The van der Waals surface area contributed by atoms with E-state index in [9.17, 15) is 8.42 Å². The van der Waals surface area contributed by atoms with Gasteiger partial charge in [0.1, 0.15) is 4.90 Å². The summed E-state index contributed by atoms with van der Waals surface area (Å²) in [6.07, 6.45) is 3.10. The van der Waals surface area contributed by atoms with E-state index in [4.69, 9.17) is 0 Å². The van der Waals surface area contributed by atoms with Crippen LogP contribution in [0.15, 0.2) is 56.6 Å². The molecule has 0 N–H and O–H groups in total. The predicted molar refractivity (Wildman–Crippen MR) is 81.7 cm³/mol. The monoisotopic (exact) mass is 404 g/mol. The minimum atomic E-state index is -3.61. The quantitative estimate of drug-likeness (QED) is 0.785. The summed E-state index contributed by atoms with van der Waals surface area (Å²) in [5.74, 6) is 0. The van der Waals surface area contributed by atoms with Crippen molar-refractivity contribution in [2.45, 2.75) is 4.90 Å². The zero-order valence-electron chi connectivity index (χ0n) is 9.92. The lowest BCUT2D eigenvalue weighted by Crippen LogP contribution is -2.26. The molecule has 1 aromatic carbocycles. The van der Waals surface area contributed by atoms with E-state index in [2.05, 4.69) is 36.8 Å². The van der Waals surface area contributed by atoms with Crippen LogP contribution in [0.2, 0.25) is 0 Å². The van der Waals surface area contributed by atoms with E-state index in [-0.39, 0.29) is 4.90 Å². The van der Waals surface area contributed by atoms with Crippen LogP contribution in [-0.2, 0) is 10.0 Å². The minimum absolute atomic E-state index is 0.210. The maximum Gasteiger partial charge on any atom is 0.265 e. The zero-order chi connectivity index (χ0) is 14.0. The molecule has 19 heavy (non-hydrogen) atoms. The van der Waals surface area contributed by atoms with Crippen molar-refractivity contribution >= 4 is 47.6 Å². The van der Waals surface area contributed by atoms with Gasteiger partial charge in [0.2, 0.25) is 0 Å². The summed E-state index contributed by atoms with van der Waals surface area (Å²) in [6.45, 7) is 0. The Morgan fingerprint density at radius 1 is 1.21 bits per heavy atom. The second-order valence-corrected chi connectivity index (χ2v) is 7.47. The maximum absolute atomic E-state index is 12.5. The lowest BCUT2D eigenvalue weighted by atomic mass is 10.4. The molecule has 0 aliphatic carbocycles. The van der Waals surface area contributed by atoms with Crippen molar-refractivity contribution in [3.8, 4) is 0 Å². The summed E-state index contributed by atoms with van der Waals surface area (Å²) >= 11 is 6.57. The SMILES string of the molecule is CN(c1cccnc1)S(=O)(=O)c1ccc(Br)cc1Br. The minimum Gasteiger partial charge on any atom is -0.268 e. The number of sulfonamides is 1. The summed E-state index contributed by atoms with van der Waals surface area (Å²) in [7, 11) is -2.11. The molecule has 1 aromatic heterocycles. The number of nitrogens with zero attached hydrogens (tertiary/aromatic N) is 2. The van der Waals surface area contributed by atoms with Crippen molar-refractivity contribution in [3.63, 3.8) is 0 Å². The summed E-state index contributed by atoms with van der Waals surface area (Å²) < 4.78 is 27.6. The Morgan fingerprint density at radius 2 is 1.95 bits per heavy atom. The van der Waals surface area contributed by atoms with Crippen LogP contribution < -0.4 is 4.31 Å². The number of aromatic nitrogens is 1. The highest BCUT2D eigenvalue weighted by Gasteiger charge is 2.23. The van der Waals surface area contributed by atoms with E-state index >= 15 is 0 Å². The second-order valence-electron chi connectivity index (χ2n) is 3.76. The number of halogens is 2. The Kier molecular flexibility index (Phi) is 4.27. The van der Waals surface area contributed by atoms with Crippen LogP contribution in [0.5, 0.6) is 0 Å². The van der Waals surface area contributed by atoms with Gasteiger partial charge in [-0.2, -0.15) is 0 Å². The number of hydrogen-bond donors (Lipinski definition) is 0. The van der Waals surface area contributed by atoms with Crippen LogP contribution >= 0.6 is 31.9 Å².